The van der Waals surface area contributed by atoms with Crippen molar-refractivity contribution in [1.82, 2.24) is 4.90 Å². The molecule has 0 unspecified atom stereocenters. The summed E-state index contributed by atoms with van der Waals surface area (Å²) in [7, 11) is 3.00. The summed E-state index contributed by atoms with van der Waals surface area (Å²) in [4.78, 5) is 37.9. The van der Waals surface area contributed by atoms with Gasteiger partial charge in [-0.05, 0) is 25.5 Å². The smallest absolute Gasteiger partial charge is 0.330 e. The number of thioether (sulfide) groups is 1. The minimum atomic E-state index is -0.644. The maximum absolute atomic E-state index is 12.4. The molecular weight excluding hydrogens is 372 g/mol. The van der Waals surface area contributed by atoms with Crippen molar-refractivity contribution in [3.63, 3.8) is 0 Å². The van der Waals surface area contributed by atoms with E-state index in [-0.39, 0.29) is 10.8 Å². The number of fused-ring (bicyclic) bond motifs is 1. The second kappa shape index (κ2) is 7.67. The molecule has 27 heavy (non-hydrogen) atoms. The number of hydrogen-bond acceptors (Lipinski definition) is 7. The number of nitrogens with zero attached hydrogens (tertiary/aromatic N) is 1. The molecule has 2 aliphatic rings. The van der Waals surface area contributed by atoms with Gasteiger partial charge in [-0.3, -0.25) is 9.59 Å². The van der Waals surface area contributed by atoms with Gasteiger partial charge in [0.15, 0.2) is 6.61 Å². The molecule has 146 valence electrons. The van der Waals surface area contributed by atoms with Crippen LogP contribution in [0.2, 0.25) is 0 Å². The van der Waals surface area contributed by atoms with Crippen LogP contribution in [0.15, 0.2) is 18.2 Å². The summed E-state index contributed by atoms with van der Waals surface area (Å²) in [5.74, 6) is 0.381. The molecule has 0 aliphatic carbocycles. The van der Waals surface area contributed by atoms with Gasteiger partial charge < -0.3 is 24.4 Å². The Kier molecular flexibility index (Phi) is 5.50. The lowest BCUT2D eigenvalue weighted by molar-refractivity contribution is -0.155. The fourth-order valence-electron chi connectivity index (χ4n) is 3.33. The molecule has 3 rings (SSSR count). The number of carbonyl (C=O) groups excluding carboxylic acids is 3. The maximum Gasteiger partial charge on any atom is 0.330 e. The average Bonchev–Trinajstić information content (AvgIpc) is 3.15. The molecule has 1 aromatic rings. The van der Waals surface area contributed by atoms with Gasteiger partial charge in [-0.25, -0.2) is 4.79 Å². The standard InChI is InChI=1S/C18H22N2O6S/c1-18-7-6-16(22)20(18)13(10-27-18)17(23)26-9-15(21)19-12-8-11(24-2)4-5-14(12)25-3/h4-5,8,13H,6-7,9-10H2,1-3H3,(H,19,21)/t13-,18+/m1/s1. The van der Waals surface area contributed by atoms with Crippen LogP contribution in [0.25, 0.3) is 0 Å². The van der Waals surface area contributed by atoms with Crippen LogP contribution in [-0.2, 0) is 19.1 Å². The van der Waals surface area contributed by atoms with Crippen molar-refractivity contribution in [3.8, 4) is 11.5 Å². The van der Waals surface area contributed by atoms with Crippen molar-refractivity contribution in [2.24, 2.45) is 0 Å². The van der Waals surface area contributed by atoms with E-state index in [0.717, 1.165) is 6.42 Å². The van der Waals surface area contributed by atoms with Crippen molar-refractivity contribution >= 4 is 35.2 Å². The zero-order valence-corrected chi connectivity index (χ0v) is 16.3. The Morgan fingerprint density at radius 3 is 2.81 bits per heavy atom. The molecule has 0 aromatic heterocycles. The maximum atomic E-state index is 12.4. The highest BCUT2D eigenvalue weighted by molar-refractivity contribution is 8.01. The summed E-state index contributed by atoms with van der Waals surface area (Å²) in [6, 6.07) is 4.33. The lowest BCUT2D eigenvalue weighted by atomic mass is 10.2. The predicted octanol–water partition coefficient (Wildman–Crippen LogP) is 1.64. The lowest BCUT2D eigenvalue weighted by Gasteiger charge is -2.29. The first-order valence-electron chi connectivity index (χ1n) is 8.52. The van der Waals surface area contributed by atoms with Crippen molar-refractivity contribution in [1.29, 1.82) is 0 Å². The number of carbonyl (C=O) groups is 3. The van der Waals surface area contributed by atoms with E-state index in [0.29, 0.717) is 29.4 Å². The Labute approximate surface area is 161 Å². The second-order valence-corrected chi connectivity index (χ2v) is 7.99. The molecule has 2 heterocycles. The van der Waals surface area contributed by atoms with E-state index < -0.39 is 24.5 Å². The van der Waals surface area contributed by atoms with Crippen LogP contribution in [0.3, 0.4) is 0 Å². The summed E-state index contributed by atoms with van der Waals surface area (Å²) in [5.41, 5.74) is 0.414. The molecular formula is C18H22N2O6S. The van der Waals surface area contributed by atoms with E-state index in [2.05, 4.69) is 5.32 Å². The summed E-state index contributed by atoms with van der Waals surface area (Å²) in [6.07, 6.45) is 1.15. The molecule has 2 fully saturated rings. The number of rotatable bonds is 6. The summed E-state index contributed by atoms with van der Waals surface area (Å²) in [5, 5.41) is 2.64. The number of nitrogens with one attached hydrogen (secondary N) is 1. The van der Waals surface area contributed by atoms with Crippen molar-refractivity contribution in [2.75, 3.05) is 31.9 Å². The first-order chi connectivity index (χ1) is 12.9. The Morgan fingerprint density at radius 2 is 2.11 bits per heavy atom. The number of hydrogen-bond donors (Lipinski definition) is 1. The van der Waals surface area contributed by atoms with Crippen molar-refractivity contribution in [2.45, 2.75) is 30.7 Å². The van der Waals surface area contributed by atoms with Gasteiger partial charge in [-0.15, -0.1) is 11.8 Å². The zero-order valence-electron chi connectivity index (χ0n) is 15.4. The summed E-state index contributed by atoms with van der Waals surface area (Å²) >= 11 is 1.57. The fourth-order valence-corrected chi connectivity index (χ4v) is 4.74. The van der Waals surface area contributed by atoms with E-state index in [1.165, 1.54) is 14.2 Å². The van der Waals surface area contributed by atoms with E-state index in [1.54, 1.807) is 34.9 Å². The Hall–Kier alpha value is -2.42. The highest BCUT2D eigenvalue weighted by Gasteiger charge is 2.53. The molecule has 2 aliphatic heterocycles. The van der Waals surface area contributed by atoms with Crippen LogP contribution in [0.1, 0.15) is 19.8 Å². The van der Waals surface area contributed by atoms with E-state index in [9.17, 15) is 14.4 Å². The number of amides is 2. The Bertz CT molecular complexity index is 770. The third-order valence-electron chi connectivity index (χ3n) is 4.74. The normalized spacial score (nSPS) is 23.7. The van der Waals surface area contributed by atoms with E-state index in [4.69, 9.17) is 14.2 Å². The monoisotopic (exact) mass is 394 g/mol. The topological polar surface area (TPSA) is 94.2 Å². The van der Waals surface area contributed by atoms with Gasteiger partial charge in [0.05, 0.1) is 24.8 Å². The first-order valence-corrected chi connectivity index (χ1v) is 9.51. The molecule has 0 spiro atoms. The van der Waals surface area contributed by atoms with Crippen LogP contribution in [0.4, 0.5) is 5.69 Å². The van der Waals surface area contributed by atoms with Gasteiger partial charge >= 0.3 is 5.97 Å². The van der Waals surface area contributed by atoms with Gasteiger partial charge in [-0.1, -0.05) is 0 Å². The van der Waals surface area contributed by atoms with Crippen molar-refractivity contribution in [3.05, 3.63) is 18.2 Å². The average molecular weight is 394 g/mol. The predicted molar refractivity (Wildman–Crippen MR) is 99.9 cm³/mol. The van der Waals surface area contributed by atoms with Crippen LogP contribution in [0.5, 0.6) is 11.5 Å². The molecule has 0 bridgehead atoms. The number of benzene rings is 1. The van der Waals surface area contributed by atoms with Gasteiger partial charge in [0.1, 0.15) is 17.5 Å². The second-order valence-electron chi connectivity index (χ2n) is 6.49. The van der Waals surface area contributed by atoms with Gasteiger partial charge in [0.2, 0.25) is 5.91 Å². The quantitative estimate of drug-likeness (QED) is 0.733. The third kappa shape index (κ3) is 3.83. The molecule has 1 aromatic carbocycles. The Morgan fingerprint density at radius 1 is 1.33 bits per heavy atom. The molecule has 0 saturated carbocycles. The van der Waals surface area contributed by atoms with Gasteiger partial charge in [0.25, 0.3) is 5.91 Å². The molecule has 9 heteroatoms. The molecule has 2 saturated heterocycles. The molecule has 0 radical (unpaired) electrons. The molecule has 8 nitrogen and oxygen atoms in total. The van der Waals surface area contributed by atoms with Crippen LogP contribution in [-0.4, -0.2) is 60.2 Å². The summed E-state index contributed by atoms with van der Waals surface area (Å²) in [6.45, 7) is 1.51. The minimum Gasteiger partial charge on any atom is -0.497 e. The van der Waals surface area contributed by atoms with Crippen LogP contribution in [0, 0.1) is 0 Å². The third-order valence-corrected chi connectivity index (χ3v) is 6.25. The number of anilines is 1. The summed E-state index contributed by atoms with van der Waals surface area (Å²) < 4.78 is 15.5. The van der Waals surface area contributed by atoms with Crippen molar-refractivity contribution < 1.29 is 28.6 Å². The first kappa shape index (κ1) is 19.3. The number of ether oxygens (including phenoxy) is 3. The SMILES string of the molecule is COc1ccc(OC)c(NC(=O)COC(=O)[C@H]2CS[C@@]3(C)CCC(=O)N23)c1. The largest absolute Gasteiger partial charge is 0.497 e. The van der Waals surface area contributed by atoms with E-state index >= 15 is 0 Å². The van der Waals surface area contributed by atoms with Crippen LogP contribution < -0.4 is 14.8 Å². The Balaban J connectivity index is 1.58. The number of esters is 1. The van der Waals surface area contributed by atoms with Crippen LogP contribution >= 0.6 is 11.8 Å². The minimum absolute atomic E-state index is 0.0463. The fraction of sp³-hybridized carbons (Fsp3) is 0.500. The van der Waals surface area contributed by atoms with Gasteiger partial charge in [0, 0.05) is 18.2 Å². The lowest BCUT2D eigenvalue weighted by Crippen LogP contribution is -2.47. The zero-order chi connectivity index (χ0) is 19.6. The molecule has 2 amide bonds. The molecule has 1 N–H and O–H groups in total. The highest BCUT2D eigenvalue weighted by Crippen LogP contribution is 2.47. The van der Waals surface area contributed by atoms with Gasteiger partial charge in [-0.2, -0.15) is 0 Å². The van der Waals surface area contributed by atoms with E-state index in [1.807, 2.05) is 6.92 Å². The molecule has 2 atom stereocenters. The highest BCUT2D eigenvalue weighted by atomic mass is 32.2. The number of methoxy groups -OCH3 is 2.